The number of amides is 1. The van der Waals surface area contributed by atoms with E-state index in [-0.39, 0.29) is 17.5 Å². The monoisotopic (exact) mass is 429 g/mol. The van der Waals surface area contributed by atoms with E-state index in [2.05, 4.69) is 36.1 Å². The number of aromatic nitrogens is 2. The zero-order valence-corrected chi connectivity index (χ0v) is 18.4. The second kappa shape index (κ2) is 8.03. The van der Waals surface area contributed by atoms with Crippen LogP contribution in [0.4, 0.5) is 10.1 Å². The number of hydrogen-bond donors (Lipinski definition) is 1. The highest BCUT2D eigenvalue weighted by Gasteiger charge is 2.31. The van der Waals surface area contributed by atoms with E-state index in [4.69, 9.17) is 0 Å². The molecular weight excluding hydrogens is 405 g/mol. The molecule has 1 unspecified atom stereocenters. The third-order valence-electron chi connectivity index (χ3n) is 5.50. The molecule has 1 amide bonds. The molecule has 1 aliphatic carbocycles. The van der Waals surface area contributed by atoms with Crippen LogP contribution in [0, 0.1) is 17.2 Å². The Morgan fingerprint density at radius 3 is 2.76 bits per heavy atom. The van der Waals surface area contributed by atoms with Gasteiger partial charge in [-0.05, 0) is 60.4 Å². The van der Waals surface area contributed by atoms with E-state index in [1.165, 1.54) is 40.8 Å². The quantitative estimate of drug-likeness (QED) is 0.426. The summed E-state index contributed by atoms with van der Waals surface area (Å²) in [5.41, 5.74) is 2.26. The fourth-order valence-electron chi connectivity index (χ4n) is 3.79. The molecular formula is C22H24FN3OS2. The van der Waals surface area contributed by atoms with Gasteiger partial charge in [-0.15, -0.1) is 11.3 Å². The molecule has 29 heavy (non-hydrogen) atoms. The normalized spacial score (nSPS) is 16.6. The van der Waals surface area contributed by atoms with Gasteiger partial charge in [0.25, 0.3) is 0 Å². The van der Waals surface area contributed by atoms with E-state index in [1.54, 1.807) is 29.8 Å². The maximum absolute atomic E-state index is 13.0. The Morgan fingerprint density at radius 2 is 2.03 bits per heavy atom. The lowest BCUT2D eigenvalue weighted by molar-refractivity contribution is -0.113. The van der Waals surface area contributed by atoms with E-state index in [0.717, 1.165) is 28.1 Å². The summed E-state index contributed by atoms with van der Waals surface area (Å²) in [6.07, 6.45) is 4.90. The second-order valence-electron chi connectivity index (χ2n) is 8.51. The van der Waals surface area contributed by atoms with E-state index in [1.807, 2.05) is 0 Å². The van der Waals surface area contributed by atoms with Crippen molar-refractivity contribution in [3.05, 3.63) is 46.9 Å². The van der Waals surface area contributed by atoms with Gasteiger partial charge in [-0.25, -0.2) is 14.4 Å². The summed E-state index contributed by atoms with van der Waals surface area (Å²) in [6.45, 7) is 6.95. The van der Waals surface area contributed by atoms with Crippen LogP contribution >= 0.6 is 23.1 Å². The maximum Gasteiger partial charge on any atom is 0.234 e. The Hall–Kier alpha value is -1.99. The van der Waals surface area contributed by atoms with E-state index >= 15 is 0 Å². The molecule has 4 rings (SSSR count). The highest BCUT2D eigenvalue weighted by molar-refractivity contribution is 8.00. The zero-order valence-electron chi connectivity index (χ0n) is 16.8. The summed E-state index contributed by atoms with van der Waals surface area (Å²) >= 11 is 3.21. The predicted molar refractivity (Wildman–Crippen MR) is 118 cm³/mol. The van der Waals surface area contributed by atoms with Crippen LogP contribution < -0.4 is 5.32 Å². The average Bonchev–Trinajstić information content (AvgIpc) is 3.06. The van der Waals surface area contributed by atoms with Gasteiger partial charge in [-0.1, -0.05) is 32.5 Å². The number of carbonyl (C=O) groups is 1. The lowest BCUT2D eigenvalue weighted by atomic mass is 9.72. The summed E-state index contributed by atoms with van der Waals surface area (Å²) in [5, 5.41) is 4.79. The summed E-state index contributed by atoms with van der Waals surface area (Å²) in [4.78, 5) is 23.7. The molecule has 0 radical (unpaired) electrons. The van der Waals surface area contributed by atoms with Crippen LogP contribution in [0.3, 0.4) is 0 Å². The molecule has 2 aromatic heterocycles. The summed E-state index contributed by atoms with van der Waals surface area (Å²) in [7, 11) is 0. The first kappa shape index (κ1) is 20.3. The number of fused-ring (bicyclic) bond motifs is 3. The molecule has 0 saturated carbocycles. The number of anilines is 1. The molecule has 152 valence electrons. The van der Waals surface area contributed by atoms with Gasteiger partial charge in [-0.3, -0.25) is 4.79 Å². The third kappa shape index (κ3) is 4.46. The number of nitrogens with zero attached hydrogens (tertiary/aromatic N) is 2. The number of nitrogens with one attached hydrogen (secondary N) is 1. The van der Waals surface area contributed by atoms with Gasteiger partial charge < -0.3 is 5.32 Å². The molecule has 0 aliphatic heterocycles. The lowest BCUT2D eigenvalue weighted by Gasteiger charge is -2.33. The molecule has 2 heterocycles. The minimum Gasteiger partial charge on any atom is -0.325 e. The number of halogens is 1. The lowest BCUT2D eigenvalue weighted by Crippen LogP contribution is -2.26. The molecule has 0 saturated heterocycles. The van der Waals surface area contributed by atoms with Crippen LogP contribution in [0.2, 0.25) is 0 Å². The largest absolute Gasteiger partial charge is 0.325 e. The first-order valence-electron chi connectivity index (χ1n) is 9.74. The SMILES string of the molecule is CC(C)(C)C1CCc2c(sc3ncnc(SCC(=O)Nc4ccc(F)cc4)c23)C1. The van der Waals surface area contributed by atoms with Gasteiger partial charge in [0, 0.05) is 16.0 Å². The van der Waals surface area contributed by atoms with Crippen LogP contribution in [0.25, 0.3) is 10.2 Å². The Kier molecular flexibility index (Phi) is 5.62. The van der Waals surface area contributed by atoms with Gasteiger partial charge in [0.1, 0.15) is 22.0 Å². The van der Waals surface area contributed by atoms with Crippen LogP contribution in [0.5, 0.6) is 0 Å². The van der Waals surface area contributed by atoms with E-state index < -0.39 is 0 Å². The predicted octanol–water partition coefficient (Wildman–Crippen LogP) is 5.71. The topological polar surface area (TPSA) is 54.9 Å². The van der Waals surface area contributed by atoms with E-state index in [9.17, 15) is 9.18 Å². The Balaban J connectivity index is 1.50. The van der Waals surface area contributed by atoms with Crippen molar-refractivity contribution >= 4 is 44.9 Å². The molecule has 7 heteroatoms. The molecule has 0 spiro atoms. The number of benzene rings is 1. The maximum atomic E-state index is 13.0. The zero-order chi connectivity index (χ0) is 20.6. The number of aryl methyl sites for hydroxylation is 1. The molecule has 4 nitrogen and oxygen atoms in total. The standard InChI is InChI=1S/C22H24FN3OS2/c1-22(2,3)13-4-9-16-17(10-13)29-21-19(16)20(24-12-25-21)28-11-18(27)26-15-7-5-14(23)6-8-15/h5-8,12-13H,4,9-11H2,1-3H3,(H,26,27). The van der Waals surface area contributed by atoms with Crippen molar-refractivity contribution in [3.8, 4) is 0 Å². The molecule has 3 aromatic rings. The number of hydrogen-bond acceptors (Lipinski definition) is 5. The van der Waals surface area contributed by atoms with Crippen molar-refractivity contribution in [1.29, 1.82) is 0 Å². The number of thioether (sulfide) groups is 1. The first-order valence-corrected chi connectivity index (χ1v) is 11.5. The van der Waals surface area contributed by atoms with Gasteiger partial charge >= 0.3 is 0 Å². The summed E-state index contributed by atoms with van der Waals surface area (Å²) < 4.78 is 13.0. The smallest absolute Gasteiger partial charge is 0.234 e. The first-order chi connectivity index (χ1) is 13.8. The molecule has 1 N–H and O–H groups in total. The van der Waals surface area contributed by atoms with Crippen molar-refractivity contribution in [3.63, 3.8) is 0 Å². The van der Waals surface area contributed by atoms with Crippen molar-refractivity contribution in [1.82, 2.24) is 9.97 Å². The van der Waals surface area contributed by atoms with Crippen molar-refractivity contribution in [2.45, 2.75) is 45.1 Å². The highest BCUT2D eigenvalue weighted by atomic mass is 32.2. The molecule has 1 aromatic carbocycles. The second-order valence-corrected chi connectivity index (χ2v) is 10.6. The Morgan fingerprint density at radius 1 is 1.28 bits per heavy atom. The van der Waals surface area contributed by atoms with Gasteiger partial charge in [0.2, 0.25) is 5.91 Å². The number of rotatable bonds is 4. The average molecular weight is 430 g/mol. The molecule has 1 atom stereocenters. The van der Waals surface area contributed by atoms with Crippen molar-refractivity contribution in [2.75, 3.05) is 11.1 Å². The Bertz CT molecular complexity index is 1040. The van der Waals surface area contributed by atoms with Crippen LogP contribution in [0.15, 0.2) is 35.6 Å². The minimum absolute atomic E-state index is 0.134. The molecule has 0 bridgehead atoms. The number of carbonyl (C=O) groups excluding carboxylic acids is 1. The van der Waals surface area contributed by atoms with Gasteiger partial charge in [-0.2, -0.15) is 0 Å². The molecule has 1 aliphatic rings. The fraction of sp³-hybridized carbons (Fsp3) is 0.409. The third-order valence-corrected chi connectivity index (χ3v) is 7.66. The fourth-order valence-corrected chi connectivity index (χ4v) is 5.95. The van der Waals surface area contributed by atoms with Crippen molar-refractivity contribution < 1.29 is 9.18 Å². The van der Waals surface area contributed by atoms with Crippen LogP contribution in [0.1, 0.15) is 37.6 Å². The Labute approximate surface area is 178 Å². The summed E-state index contributed by atoms with van der Waals surface area (Å²) in [6, 6.07) is 5.78. The van der Waals surface area contributed by atoms with Crippen molar-refractivity contribution in [2.24, 2.45) is 11.3 Å². The van der Waals surface area contributed by atoms with E-state index in [0.29, 0.717) is 17.0 Å². The molecule has 0 fully saturated rings. The van der Waals surface area contributed by atoms with Crippen LogP contribution in [-0.2, 0) is 17.6 Å². The highest BCUT2D eigenvalue weighted by Crippen LogP contribution is 2.44. The van der Waals surface area contributed by atoms with Gasteiger partial charge in [0.15, 0.2) is 0 Å². The van der Waals surface area contributed by atoms with Gasteiger partial charge in [0.05, 0.1) is 5.75 Å². The summed E-state index contributed by atoms with van der Waals surface area (Å²) in [5.74, 6) is 0.467. The minimum atomic E-state index is -0.323. The number of thiophene rings is 1. The van der Waals surface area contributed by atoms with Crippen LogP contribution in [-0.4, -0.2) is 21.6 Å².